The molecular formula is C95H146N28O23. The number of benzene rings is 2. The minimum absolute atomic E-state index is 0.0218. The second kappa shape index (κ2) is 65.9. The SMILES string of the molecule is CCCC[C@H](NC(=O)[C@H](CN)NC(=O)[C@H](Cc1c[nH]cn1)NC(=O)[C@@H](CCC(N)=O)NC(=O)[C@H](CO)NC(=O)CNC(=O)COCCOCCNC(=O)[C@@H](CCC(=O)O)NC(=O)CCCCCCCCCCCCCCCc1nnn[nH]1)C(=O)N[C@H]1CCC(=O)NCCCC[C@@H](C(N)=O)NC(=O)[C@H](Cc2c[nH]c3ccccc23)NC(=O)[C@H](CCCNC(=N)N)NC(=O)[C@@H](Cc2ccccc2)NC(=O)[C@@H]2C[C@@H](O)CN2C1=O. The number of aromatic nitrogens is 7. The van der Waals surface area contributed by atoms with Crippen LogP contribution in [0.15, 0.2) is 73.3 Å². The highest BCUT2D eigenvalue weighted by Crippen LogP contribution is 2.25. The highest BCUT2D eigenvalue weighted by Gasteiger charge is 2.45. The summed E-state index contributed by atoms with van der Waals surface area (Å²) < 4.78 is 10.8. The van der Waals surface area contributed by atoms with Crippen LogP contribution in [0, 0.1) is 5.41 Å². The Morgan fingerprint density at radius 2 is 1.19 bits per heavy atom. The number of carbonyl (C=O) groups excluding carboxylic acids is 17. The number of hydrogen-bond donors (Lipinski definition) is 26. The largest absolute Gasteiger partial charge is 0.481 e. The van der Waals surface area contributed by atoms with Gasteiger partial charge in [-0.05, 0) is 98.2 Å². The Kier molecular flexibility index (Phi) is 53.6. The number of hydrogen-bond acceptors (Lipinski definition) is 28. The van der Waals surface area contributed by atoms with Crippen LogP contribution in [0.2, 0.25) is 0 Å². The molecule has 2 saturated heterocycles. The standard InChI is InChI=1S/C95H146N28O23/c1-2-3-28-65(85(135)114-69-35-38-78(127)102-40-23-22-30-64(83(98)133)110-89(139)71(47-59-51-105-63-29-21-20-27-62(59)63)115-86(136)66(31-24-41-104-95(99)100)111-88(138)70(46-58-25-16-15-17-26-58)117-93(143)75-49-61(125)54-123(75)94(69)144)112-91(141)73(50-96)118-90(140)72(48-60-52-101-57-107-60)116-87(137)68(34-37-76(97)126)113-92(142)74(55-124)109-80(129)53-106-81(130)56-146-45-44-145-43-42-103-84(134)67(36-39-82(131)132)108-79(128)33-19-14-12-10-8-6-4-5-7-9-11-13-18-32-77-119-121-122-120-77/h15-17,20-21,25-27,29,51-52,57,61,64-75,105,124-125H,2-14,18-19,22-24,28,30-50,53-56,96H2,1H3,(H2,97,126)(H2,98,133)(H,101,107)(H,102,127)(H,103,134)(H,106,130)(H,108,128)(H,109,129)(H,110,139)(H,111,138)(H,112,141)(H,113,142)(H,114,135)(H,115,136)(H,116,137)(H,117,143)(H,118,140)(H,131,132)(H4,99,100,104)(H,119,120,121,122)/t61-,64+,65+,66+,67-,68-,69+,70-,71+,72+,73+,74+,75+/m1/s1. The van der Waals surface area contributed by atoms with Crippen molar-refractivity contribution in [2.45, 2.75) is 297 Å². The summed E-state index contributed by atoms with van der Waals surface area (Å²) in [5.41, 5.74) is 25.1. The summed E-state index contributed by atoms with van der Waals surface area (Å²) in [5.74, 6) is -16.2. The predicted molar refractivity (Wildman–Crippen MR) is 527 cm³/mol. The molecule has 5 heterocycles. The molecule has 3 aromatic heterocycles. The number of carboxylic acid groups (broad SMARTS) is 1. The molecule has 51 nitrogen and oxygen atoms in total. The van der Waals surface area contributed by atoms with Crippen LogP contribution in [0.3, 0.4) is 0 Å². The van der Waals surface area contributed by atoms with Crippen molar-refractivity contribution in [3.63, 3.8) is 0 Å². The number of aliphatic carboxylic acids is 1. The maximum atomic E-state index is 15.4. The monoisotopic (exact) mass is 2050 g/mol. The number of fused-ring (bicyclic) bond motifs is 2. The number of aliphatic hydroxyl groups is 2. The second-order valence-electron chi connectivity index (χ2n) is 36.1. The molecule has 13 atom stereocenters. The molecule has 17 amide bonds. The van der Waals surface area contributed by atoms with Crippen molar-refractivity contribution in [3.8, 4) is 0 Å². The van der Waals surface area contributed by atoms with Gasteiger partial charge in [0, 0.05) is 114 Å². The van der Waals surface area contributed by atoms with Crippen LogP contribution in [0.5, 0.6) is 0 Å². The van der Waals surface area contributed by atoms with E-state index in [0.717, 1.165) is 62.1 Å². The van der Waals surface area contributed by atoms with Gasteiger partial charge in [0.1, 0.15) is 84.9 Å². The number of aryl methyl sites for hydroxylation is 1. The number of guanidine groups is 1. The van der Waals surface area contributed by atoms with Crippen molar-refractivity contribution in [2.24, 2.45) is 22.9 Å². The number of ether oxygens (including phenoxy) is 2. The van der Waals surface area contributed by atoms with Gasteiger partial charge < -0.3 is 142 Å². The number of carboxylic acids is 1. The number of unbranched alkanes of at least 4 members (excludes halogenated alkanes) is 13. The highest BCUT2D eigenvalue weighted by atomic mass is 16.5. The van der Waals surface area contributed by atoms with Crippen molar-refractivity contribution in [1.82, 2.24) is 120 Å². The number of imidazole rings is 1. The summed E-state index contributed by atoms with van der Waals surface area (Å²) in [6.07, 6.45) is 14.9. The maximum absolute atomic E-state index is 15.4. The smallest absolute Gasteiger partial charge is 0.303 e. The molecule has 0 spiro atoms. The molecule has 0 unspecified atom stereocenters. The van der Waals surface area contributed by atoms with Gasteiger partial charge in [0.05, 0.1) is 51.1 Å². The fourth-order valence-corrected chi connectivity index (χ4v) is 16.5. The Balaban J connectivity index is 0.936. The van der Waals surface area contributed by atoms with Gasteiger partial charge in [-0.3, -0.25) is 91.7 Å². The number of carbonyl (C=O) groups is 18. The van der Waals surface area contributed by atoms with E-state index in [2.05, 4.69) is 115 Å². The van der Waals surface area contributed by atoms with Gasteiger partial charge in [0.2, 0.25) is 100 Å². The Bertz CT molecular complexity index is 5010. The first-order valence-corrected chi connectivity index (χ1v) is 50.0. The molecule has 2 fully saturated rings. The number of nitrogens with two attached hydrogens (primary N) is 4. The maximum Gasteiger partial charge on any atom is 0.303 e. The minimum Gasteiger partial charge on any atom is -0.481 e. The van der Waals surface area contributed by atoms with E-state index in [1.54, 1.807) is 61.7 Å². The van der Waals surface area contributed by atoms with Crippen LogP contribution >= 0.6 is 0 Å². The van der Waals surface area contributed by atoms with Crippen molar-refractivity contribution < 1.29 is 111 Å². The number of aliphatic hydroxyl groups excluding tert-OH is 2. The van der Waals surface area contributed by atoms with Gasteiger partial charge >= 0.3 is 5.97 Å². The first-order valence-electron chi connectivity index (χ1n) is 50.0. The predicted octanol–water partition coefficient (Wildman–Crippen LogP) is -4.20. The molecular weight excluding hydrogens is 1900 g/mol. The summed E-state index contributed by atoms with van der Waals surface area (Å²) >= 11 is 0. The van der Waals surface area contributed by atoms with E-state index in [4.69, 9.17) is 37.8 Å². The molecule has 804 valence electrons. The van der Waals surface area contributed by atoms with Crippen LogP contribution in [-0.2, 0) is 121 Å². The van der Waals surface area contributed by atoms with E-state index in [1.807, 2.05) is 6.07 Å². The fourth-order valence-electron chi connectivity index (χ4n) is 16.5. The number of tetrazole rings is 1. The van der Waals surface area contributed by atoms with Crippen molar-refractivity contribution >= 4 is 123 Å². The molecule has 5 aromatic rings. The van der Waals surface area contributed by atoms with E-state index < -0.39 is 250 Å². The van der Waals surface area contributed by atoms with E-state index in [0.29, 0.717) is 34.9 Å². The van der Waals surface area contributed by atoms with Crippen LogP contribution in [0.1, 0.15) is 216 Å². The molecule has 51 heteroatoms. The van der Waals surface area contributed by atoms with Gasteiger partial charge in [-0.15, -0.1) is 5.10 Å². The van der Waals surface area contributed by atoms with Crippen LogP contribution < -0.4 is 103 Å². The molecule has 0 saturated carbocycles. The molecule has 146 heavy (non-hydrogen) atoms. The summed E-state index contributed by atoms with van der Waals surface area (Å²) in [5, 5.41) is 91.9. The number of para-hydroxylation sites is 1. The zero-order valence-electron chi connectivity index (χ0n) is 82.6. The Morgan fingerprint density at radius 3 is 1.86 bits per heavy atom. The highest BCUT2D eigenvalue weighted by molar-refractivity contribution is 6.01. The quantitative estimate of drug-likeness (QED) is 0.00997. The van der Waals surface area contributed by atoms with E-state index >= 15 is 14.4 Å². The zero-order chi connectivity index (χ0) is 106. The number of nitrogens with zero attached hydrogens (tertiary/aromatic N) is 5. The second-order valence-corrected chi connectivity index (χ2v) is 36.1. The van der Waals surface area contributed by atoms with Crippen molar-refractivity contribution in [2.75, 3.05) is 72.3 Å². The Labute approximate surface area is 844 Å². The molecule has 2 aliphatic heterocycles. The lowest BCUT2D eigenvalue weighted by atomic mass is 10.0. The molecule has 30 N–H and O–H groups in total. The fraction of sp³-hybridized carbons (Fsp3) is 0.611. The zero-order valence-corrected chi connectivity index (χ0v) is 82.6. The van der Waals surface area contributed by atoms with E-state index in [9.17, 15) is 87.2 Å². The number of H-pyrrole nitrogens is 3. The average Bonchev–Trinajstić information content (AvgIpc) is 1.66. The number of rotatable bonds is 61. The lowest BCUT2D eigenvalue weighted by molar-refractivity contribution is -0.143. The summed E-state index contributed by atoms with van der Waals surface area (Å²) in [6.45, 7) is -2.10. The number of amides is 17. The Morgan fingerprint density at radius 1 is 0.582 bits per heavy atom. The topological polar surface area (TPSA) is 797 Å². The Hall–Kier alpha value is -14.2. The molecule has 0 bridgehead atoms. The van der Waals surface area contributed by atoms with Crippen molar-refractivity contribution in [3.05, 3.63) is 96.0 Å². The van der Waals surface area contributed by atoms with E-state index in [1.165, 1.54) is 44.6 Å². The van der Waals surface area contributed by atoms with Crippen LogP contribution in [-0.4, -0.2) is 319 Å². The third-order valence-corrected chi connectivity index (χ3v) is 24.5. The summed E-state index contributed by atoms with van der Waals surface area (Å²) in [6, 6.07) is -3.12. The van der Waals surface area contributed by atoms with Crippen LogP contribution in [0.25, 0.3) is 10.9 Å². The molecule has 7 rings (SSSR count). The molecule has 0 aliphatic carbocycles. The van der Waals surface area contributed by atoms with Gasteiger partial charge in [-0.1, -0.05) is 139 Å². The van der Waals surface area contributed by atoms with Crippen molar-refractivity contribution in [1.29, 1.82) is 5.41 Å². The minimum atomic E-state index is -1.81. The number of nitrogens with one attached hydrogen (secondary N) is 19. The lowest BCUT2D eigenvalue weighted by Gasteiger charge is -2.31. The lowest BCUT2D eigenvalue weighted by Crippen LogP contribution is -2.62. The number of aromatic amines is 3. The molecule has 0 radical (unpaired) electrons. The first kappa shape index (κ1) is 119. The first-order chi connectivity index (χ1) is 70.2. The third kappa shape index (κ3) is 44.6. The summed E-state index contributed by atoms with van der Waals surface area (Å²) in [7, 11) is 0. The number of primary amides is 2. The normalized spacial score (nSPS) is 18.4. The average molecular weight is 2050 g/mol. The van der Waals surface area contributed by atoms with Gasteiger partial charge in [0.25, 0.3) is 0 Å². The van der Waals surface area contributed by atoms with E-state index in [-0.39, 0.29) is 134 Å². The summed E-state index contributed by atoms with van der Waals surface area (Å²) in [4.78, 5) is 261. The van der Waals surface area contributed by atoms with Gasteiger partial charge in [0.15, 0.2) is 5.96 Å². The van der Waals surface area contributed by atoms with Crippen LogP contribution in [0.4, 0.5) is 0 Å². The van der Waals surface area contributed by atoms with Gasteiger partial charge in [-0.25, -0.2) is 10.1 Å². The van der Waals surface area contributed by atoms with Gasteiger partial charge in [-0.2, -0.15) is 0 Å². The molecule has 2 aromatic carbocycles. The molecule has 2 aliphatic rings. The third-order valence-electron chi connectivity index (χ3n) is 24.5.